The Morgan fingerprint density at radius 1 is 1.42 bits per heavy atom. The quantitative estimate of drug-likeness (QED) is 0.935. The highest BCUT2D eigenvalue weighted by Gasteiger charge is 2.31. The molecule has 6 heteroatoms. The van der Waals surface area contributed by atoms with E-state index in [0.717, 1.165) is 0 Å². The van der Waals surface area contributed by atoms with Gasteiger partial charge in [-0.05, 0) is 31.4 Å². The molecule has 1 saturated heterocycles. The number of likely N-dealkylation sites (tertiary alicyclic amines) is 1. The predicted octanol–water partition coefficient (Wildman–Crippen LogP) is 1.99. The predicted molar refractivity (Wildman–Crippen MR) is 86.9 cm³/mol. The van der Waals surface area contributed by atoms with E-state index < -0.39 is 6.10 Å². The van der Waals surface area contributed by atoms with E-state index in [-0.39, 0.29) is 17.6 Å². The van der Waals surface area contributed by atoms with Crippen molar-refractivity contribution in [1.82, 2.24) is 14.9 Å². The number of rotatable bonds is 3. The number of halogens is 1. The van der Waals surface area contributed by atoms with Crippen LogP contribution in [0.1, 0.15) is 28.0 Å². The minimum atomic E-state index is -0.540. The van der Waals surface area contributed by atoms with Crippen molar-refractivity contribution in [3.8, 4) is 0 Å². The van der Waals surface area contributed by atoms with Crippen molar-refractivity contribution in [2.24, 2.45) is 5.92 Å². The van der Waals surface area contributed by atoms with Crippen molar-refractivity contribution in [2.45, 2.75) is 25.9 Å². The van der Waals surface area contributed by atoms with E-state index in [1.54, 1.807) is 30.0 Å². The summed E-state index contributed by atoms with van der Waals surface area (Å²) in [4.78, 5) is 22.3. The molecule has 0 unspecified atom stereocenters. The molecule has 0 bridgehead atoms. The van der Waals surface area contributed by atoms with Gasteiger partial charge in [0.15, 0.2) is 0 Å². The van der Waals surface area contributed by atoms with Crippen LogP contribution in [-0.4, -0.2) is 45.1 Å². The third-order valence-electron chi connectivity index (χ3n) is 4.56. The summed E-state index contributed by atoms with van der Waals surface area (Å²) in [6.07, 6.45) is 3.27. The van der Waals surface area contributed by atoms with E-state index in [2.05, 4.69) is 9.97 Å². The van der Waals surface area contributed by atoms with Gasteiger partial charge in [-0.1, -0.05) is 18.2 Å². The first-order valence-corrected chi connectivity index (χ1v) is 8.03. The topological polar surface area (TPSA) is 66.3 Å². The minimum absolute atomic E-state index is 0.140. The lowest BCUT2D eigenvalue weighted by Crippen LogP contribution is -2.47. The monoisotopic (exact) mass is 329 g/mol. The maximum absolute atomic E-state index is 13.9. The molecule has 0 aliphatic carbocycles. The summed E-state index contributed by atoms with van der Waals surface area (Å²) in [6, 6.07) is 6.56. The summed E-state index contributed by atoms with van der Waals surface area (Å²) in [5.74, 6) is -0.608. The number of hydrogen-bond donors (Lipinski definition) is 1. The second-order valence-corrected chi connectivity index (χ2v) is 6.18. The average molecular weight is 329 g/mol. The number of hydrogen-bond acceptors (Lipinski definition) is 4. The van der Waals surface area contributed by atoms with E-state index in [0.29, 0.717) is 42.8 Å². The molecule has 5 nitrogen and oxygen atoms in total. The molecule has 2 aromatic rings. The second-order valence-electron chi connectivity index (χ2n) is 6.18. The molecule has 0 radical (unpaired) electrons. The van der Waals surface area contributed by atoms with Crippen molar-refractivity contribution in [1.29, 1.82) is 0 Å². The molecule has 1 amide bonds. The van der Waals surface area contributed by atoms with Crippen molar-refractivity contribution >= 4 is 5.91 Å². The van der Waals surface area contributed by atoms with Gasteiger partial charge in [-0.2, -0.15) is 0 Å². The summed E-state index contributed by atoms with van der Waals surface area (Å²) < 4.78 is 13.9. The highest BCUT2D eigenvalue weighted by molar-refractivity contribution is 5.94. The van der Waals surface area contributed by atoms with E-state index >= 15 is 0 Å². The molecular weight excluding hydrogens is 309 g/mol. The van der Waals surface area contributed by atoms with Crippen LogP contribution in [0, 0.1) is 18.7 Å². The molecular formula is C18H20FN3O2. The lowest BCUT2D eigenvalue weighted by Gasteiger charge is -2.36. The fourth-order valence-corrected chi connectivity index (χ4v) is 3.12. The Balaban J connectivity index is 1.75. The second kappa shape index (κ2) is 7.05. The molecule has 1 fully saturated rings. The number of aromatic nitrogens is 2. The summed E-state index contributed by atoms with van der Waals surface area (Å²) in [6.45, 7) is 2.63. The zero-order valence-corrected chi connectivity index (χ0v) is 13.5. The van der Waals surface area contributed by atoms with Crippen LogP contribution in [0.3, 0.4) is 0 Å². The highest BCUT2D eigenvalue weighted by atomic mass is 19.1. The molecule has 1 N–H and O–H groups in total. The molecule has 126 valence electrons. The van der Waals surface area contributed by atoms with Crippen LogP contribution in [0.15, 0.2) is 36.8 Å². The first kappa shape index (κ1) is 16.5. The van der Waals surface area contributed by atoms with Gasteiger partial charge in [-0.25, -0.2) is 14.4 Å². The molecule has 0 spiro atoms. The van der Waals surface area contributed by atoms with Gasteiger partial charge in [0.1, 0.15) is 12.1 Å². The summed E-state index contributed by atoms with van der Waals surface area (Å²) in [5, 5.41) is 10.3. The van der Waals surface area contributed by atoms with Crippen LogP contribution in [-0.2, 0) is 6.42 Å². The molecule has 1 aliphatic rings. The van der Waals surface area contributed by atoms with Gasteiger partial charge in [0.2, 0.25) is 0 Å². The molecule has 1 aliphatic heterocycles. The Morgan fingerprint density at radius 3 is 2.96 bits per heavy atom. The van der Waals surface area contributed by atoms with Gasteiger partial charge in [0.25, 0.3) is 5.91 Å². The first-order valence-electron chi connectivity index (χ1n) is 8.03. The number of aliphatic hydroxyl groups is 1. The van der Waals surface area contributed by atoms with Gasteiger partial charge < -0.3 is 10.0 Å². The zero-order chi connectivity index (χ0) is 17.1. The molecule has 2 heterocycles. The number of benzene rings is 1. The fourth-order valence-electron chi connectivity index (χ4n) is 3.12. The number of piperidine rings is 1. The van der Waals surface area contributed by atoms with E-state index in [4.69, 9.17) is 0 Å². The van der Waals surface area contributed by atoms with Crippen LogP contribution in [0.4, 0.5) is 4.39 Å². The summed E-state index contributed by atoms with van der Waals surface area (Å²) in [5.41, 5.74) is 1.67. The van der Waals surface area contributed by atoms with Crippen molar-refractivity contribution < 1.29 is 14.3 Å². The molecule has 3 rings (SSSR count). The summed E-state index contributed by atoms with van der Waals surface area (Å²) in [7, 11) is 0. The van der Waals surface area contributed by atoms with E-state index in [1.165, 1.54) is 18.6 Å². The molecule has 0 saturated carbocycles. The van der Waals surface area contributed by atoms with Gasteiger partial charge in [-0.3, -0.25) is 4.79 Å². The number of carbonyl (C=O) groups excluding carboxylic acids is 1. The number of aryl methyl sites for hydroxylation is 1. The fraction of sp³-hybridized carbons (Fsp3) is 0.389. The van der Waals surface area contributed by atoms with Crippen molar-refractivity contribution in [2.75, 3.05) is 13.1 Å². The van der Waals surface area contributed by atoms with Gasteiger partial charge >= 0.3 is 0 Å². The number of amides is 1. The minimum Gasteiger partial charge on any atom is -0.393 e. The van der Waals surface area contributed by atoms with Gasteiger partial charge in [0.05, 0.1) is 17.4 Å². The molecule has 2 atom stereocenters. The standard InChI is InChI=1S/C18H20FN3O2/c1-12-15(9-20-11-21-12)18(24)22-7-6-17(23)14(10-22)8-13-4-2-3-5-16(13)19/h2-5,9,11,14,17,23H,6-8,10H2,1H3/t14-,17+/m1/s1. The van der Waals surface area contributed by atoms with Gasteiger partial charge in [-0.15, -0.1) is 0 Å². The normalized spacial score (nSPS) is 20.9. The van der Waals surface area contributed by atoms with Gasteiger partial charge in [0, 0.05) is 25.2 Å². The number of aliphatic hydroxyl groups excluding tert-OH is 1. The lowest BCUT2D eigenvalue weighted by atomic mass is 9.88. The average Bonchev–Trinajstić information content (AvgIpc) is 2.58. The lowest BCUT2D eigenvalue weighted by molar-refractivity contribution is 0.0238. The Hall–Kier alpha value is -2.34. The molecule has 24 heavy (non-hydrogen) atoms. The summed E-state index contributed by atoms with van der Waals surface area (Å²) >= 11 is 0. The van der Waals surface area contributed by atoms with Crippen LogP contribution in [0.2, 0.25) is 0 Å². The highest BCUT2D eigenvalue weighted by Crippen LogP contribution is 2.24. The third kappa shape index (κ3) is 3.43. The van der Waals surface area contributed by atoms with E-state index in [9.17, 15) is 14.3 Å². The maximum atomic E-state index is 13.9. The maximum Gasteiger partial charge on any atom is 0.257 e. The largest absolute Gasteiger partial charge is 0.393 e. The molecule has 1 aromatic carbocycles. The van der Waals surface area contributed by atoms with Crippen molar-refractivity contribution in [3.05, 3.63) is 59.4 Å². The number of nitrogens with zero attached hydrogens (tertiary/aromatic N) is 3. The zero-order valence-electron chi connectivity index (χ0n) is 13.5. The Labute approximate surface area is 140 Å². The van der Waals surface area contributed by atoms with Crippen LogP contribution >= 0.6 is 0 Å². The van der Waals surface area contributed by atoms with Crippen molar-refractivity contribution in [3.63, 3.8) is 0 Å². The van der Waals surface area contributed by atoms with Crippen LogP contribution in [0.25, 0.3) is 0 Å². The van der Waals surface area contributed by atoms with Crippen LogP contribution < -0.4 is 0 Å². The Bertz CT molecular complexity index is 738. The number of carbonyl (C=O) groups is 1. The van der Waals surface area contributed by atoms with E-state index in [1.807, 2.05) is 0 Å². The SMILES string of the molecule is Cc1ncncc1C(=O)N1CC[C@H](O)[C@H](Cc2ccccc2F)C1. The Morgan fingerprint density at radius 2 is 2.21 bits per heavy atom. The molecule has 1 aromatic heterocycles. The first-order chi connectivity index (χ1) is 11.6. The third-order valence-corrected chi connectivity index (χ3v) is 4.56. The van der Waals surface area contributed by atoms with Crippen LogP contribution in [0.5, 0.6) is 0 Å². The smallest absolute Gasteiger partial charge is 0.257 e. The Kier molecular flexibility index (Phi) is 4.85.